The number of nitrogens with zero attached hydrogens (tertiary/aromatic N) is 3. The van der Waals surface area contributed by atoms with Gasteiger partial charge in [-0.15, -0.1) is 0 Å². The molecule has 0 aliphatic carbocycles. The van der Waals surface area contributed by atoms with Gasteiger partial charge in [0.05, 0.1) is 0 Å². The van der Waals surface area contributed by atoms with Crippen molar-refractivity contribution in [3.8, 4) is 11.1 Å². The summed E-state index contributed by atoms with van der Waals surface area (Å²) in [6, 6.07) is 9.76. The third-order valence-corrected chi connectivity index (χ3v) is 7.28. The van der Waals surface area contributed by atoms with Gasteiger partial charge >= 0.3 is 6.18 Å². The van der Waals surface area contributed by atoms with E-state index in [-0.39, 0.29) is 6.04 Å². The number of H-pyrrole nitrogens is 1. The van der Waals surface area contributed by atoms with Crippen molar-refractivity contribution in [2.24, 2.45) is 0 Å². The molecule has 0 radical (unpaired) electrons. The Balaban J connectivity index is 1.41. The number of rotatable bonds is 3. The third-order valence-electron chi connectivity index (χ3n) is 7.28. The number of alkyl halides is 3. The highest BCUT2D eigenvalue weighted by atomic mass is 19.4. The number of hydrogen-bond donors (Lipinski definition) is 2. The lowest BCUT2D eigenvalue weighted by Gasteiger charge is -2.34. The van der Waals surface area contributed by atoms with Crippen LogP contribution in [0.3, 0.4) is 0 Å². The Labute approximate surface area is 201 Å². The summed E-state index contributed by atoms with van der Waals surface area (Å²) in [5, 5.41) is 4.74. The van der Waals surface area contributed by atoms with Gasteiger partial charge in [-0.2, -0.15) is 13.2 Å². The summed E-state index contributed by atoms with van der Waals surface area (Å²) >= 11 is 0. The summed E-state index contributed by atoms with van der Waals surface area (Å²) in [6.45, 7) is 4.29. The number of fused-ring (bicyclic) bond motifs is 2. The van der Waals surface area contributed by atoms with Crippen LogP contribution >= 0.6 is 0 Å². The van der Waals surface area contributed by atoms with Crippen molar-refractivity contribution in [3.63, 3.8) is 0 Å². The molecule has 1 atom stereocenters. The van der Waals surface area contributed by atoms with E-state index >= 15 is 0 Å². The predicted molar refractivity (Wildman–Crippen MR) is 130 cm³/mol. The Morgan fingerprint density at radius 3 is 2.77 bits per heavy atom. The predicted octanol–water partition coefficient (Wildman–Crippen LogP) is 5.94. The Morgan fingerprint density at radius 1 is 1.09 bits per heavy atom. The van der Waals surface area contributed by atoms with E-state index in [0.717, 1.165) is 59.6 Å². The van der Waals surface area contributed by atoms with Crippen LogP contribution in [-0.2, 0) is 19.1 Å². The normalized spacial score (nSPS) is 18.3. The summed E-state index contributed by atoms with van der Waals surface area (Å²) in [6.07, 6.45) is 3.62. The lowest BCUT2D eigenvalue weighted by atomic mass is 9.87. The molecule has 2 aliphatic heterocycles. The Bertz CT molecular complexity index is 1400. The standard InChI is InChI=1S/C27H26F3N5/c1-16-13-33-26-21(16)11-19(14-34-26)18-9-17-5-8-35(20-4-7-32-25(12-20)27(28,29)30)15-23(17)22(10-18)24-3-2-6-31-24/h4,7,9-14,24,31H,2-3,5-6,8,15H2,1H3,(H,33,34). The number of nitrogens with one attached hydrogen (secondary N) is 2. The molecule has 180 valence electrons. The molecule has 5 heterocycles. The number of hydrogen-bond acceptors (Lipinski definition) is 4. The molecular formula is C27H26F3N5. The molecule has 1 aromatic carbocycles. The lowest BCUT2D eigenvalue weighted by molar-refractivity contribution is -0.141. The molecule has 4 aromatic rings. The third kappa shape index (κ3) is 4.05. The minimum absolute atomic E-state index is 0.248. The van der Waals surface area contributed by atoms with Crippen molar-refractivity contribution in [2.45, 2.75) is 44.9 Å². The number of aryl methyl sites for hydroxylation is 1. The van der Waals surface area contributed by atoms with Gasteiger partial charge in [0.15, 0.2) is 0 Å². The zero-order valence-electron chi connectivity index (χ0n) is 19.4. The van der Waals surface area contributed by atoms with Crippen molar-refractivity contribution in [2.75, 3.05) is 18.0 Å². The van der Waals surface area contributed by atoms with Gasteiger partial charge in [0.1, 0.15) is 11.3 Å². The molecular weight excluding hydrogens is 451 g/mol. The largest absolute Gasteiger partial charge is 0.433 e. The lowest BCUT2D eigenvalue weighted by Crippen LogP contribution is -2.32. The van der Waals surface area contributed by atoms with Gasteiger partial charge in [-0.3, -0.25) is 4.98 Å². The first-order valence-corrected chi connectivity index (χ1v) is 12.0. The van der Waals surface area contributed by atoms with Crippen LogP contribution in [0.5, 0.6) is 0 Å². The van der Waals surface area contributed by atoms with Crippen molar-refractivity contribution in [1.29, 1.82) is 0 Å². The molecule has 0 bridgehead atoms. The molecule has 5 nitrogen and oxygen atoms in total. The maximum absolute atomic E-state index is 13.3. The Kier molecular flexibility index (Phi) is 5.29. The second-order valence-corrected chi connectivity index (χ2v) is 9.51. The quantitative estimate of drug-likeness (QED) is 0.384. The number of aromatic nitrogens is 3. The van der Waals surface area contributed by atoms with Gasteiger partial charge in [-0.25, -0.2) is 4.98 Å². The topological polar surface area (TPSA) is 56.8 Å². The van der Waals surface area contributed by atoms with E-state index in [2.05, 4.69) is 45.4 Å². The van der Waals surface area contributed by atoms with Crippen LogP contribution in [-0.4, -0.2) is 28.0 Å². The Hall–Kier alpha value is -3.39. The summed E-state index contributed by atoms with van der Waals surface area (Å²) in [7, 11) is 0. The number of halogens is 3. The first kappa shape index (κ1) is 22.1. The maximum atomic E-state index is 13.3. The summed E-state index contributed by atoms with van der Waals surface area (Å²) < 4.78 is 39.8. The average Bonchev–Trinajstić information content (AvgIpc) is 3.53. The highest BCUT2D eigenvalue weighted by Gasteiger charge is 2.33. The molecule has 1 saturated heterocycles. The van der Waals surface area contributed by atoms with Gasteiger partial charge in [-0.1, -0.05) is 6.07 Å². The van der Waals surface area contributed by atoms with Crippen LogP contribution in [0.2, 0.25) is 0 Å². The van der Waals surface area contributed by atoms with Crippen molar-refractivity contribution in [1.82, 2.24) is 20.3 Å². The van der Waals surface area contributed by atoms with E-state index < -0.39 is 11.9 Å². The summed E-state index contributed by atoms with van der Waals surface area (Å²) in [4.78, 5) is 13.4. The fourth-order valence-corrected chi connectivity index (χ4v) is 5.41. The molecule has 35 heavy (non-hydrogen) atoms. The van der Waals surface area contributed by atoms with Crippen LogP contribution < -0.4 is 10.2 Å². The van der Waals surface area contributed by atoms with Crippen molar-refractivity contribution >= 4 is 16.7 Å². The first-order valence-electron chi connectivity index (χ1n) is 12.0. The maximum Gasteiger partial charge on any atom is 0.433 e. The summed E-state index contributed by atoms with van der Waals surface area (Å²) in [5.74, 6) is 0. The molecule has 6 rings (SSSR count). The fraction of sp³-hybridized carbons (Fsp3) is 0.333. The number of pyridine rings is 2. The minimum atomic E-state index is -4.45. The SMILES string of the molecule is Cc1c[nH]c2ncc(-c3cc4c(c(C5CCCN5)c3)CN(c3ccnc(C(F)(F)F)c3)CC4)cc12. The first-order chi connectivity index (χ1) is 16.9. The molecule has 0 saturated carbocycles. The molecule has 8 heteroatoms. The molecule has 0 amide bonds. The van der Waals surface area contributed by atoms with Gasteiger partial charge < -0.3 is 15.2 Å². The van der Waals surface area contributed by atoms with Crippen LogP contribution in [0.4, 0.5) is 18.9 Å². The second-order valence-electron chi connectivity index (χ2n) is 9.51. The van der Waals surface area contributed by atoms with E-state index in [1.807, 2.05) is 17.3 Å². The number of anilines is 1. The highest BCUT2D eigenvalue weighted by molar-refractivity contribution is 5.84. The van der Waals surface area contributed by atoms with Crippen LogP contribution in [0.25, 0.3) is 22.2 Å². The van der Waals surface area contributed by atoms with E-state index in [4.69, 9.17) is 0 Å². The zero-order chi connectivity index (χ0) is 24.2. The van der Waals surface area contributed by atoms with Crippen molar-refractivity contribution in [3.05, 3.63) is 76.9 Å². The Morgan fingerprint density at radius 2 is 1.97 bits per heavy atom. The van der Waals surface area contributed by atoms with E-state index in [1.54, 1.807) is 6.07 Å². The number of aromatic amines is 1. The smallest absolute Gasteiger partial charge is 0.367 e. The summed E-state index contributed by atoms with van der Waals surface area (Å²) in [5.41, 5.74) is 7.70. The fourth-order valence-electron chi connectivity index (χ4n) is 5.41. The van der Waals surface area contributed by atoms with Gasteiger partial charge in [0.25, 0.3) is 0 Å². The van der Waals surface area contributed by atoms with E-state index in [9.17, 15) is 13.2 Å². The number of benzene rings is 1. The second kappa shape index (κ2) is 8.37. The van der Waals surface area contributed by atoms with Crippen LogP contribution in [0, 0.1) is 6.92 Å². The van der Waals surface area contributed by atoms with E-state index in [0.29, 0.717) is 18.8 Å². The molecule has 1 fully saturated rings. The molecule has 2 aliphatic rings. The molecule has 2 N–H and O–H groups in total. The zero-order valence-corrected chi connectivity index (χ0v) is 19.4. The molecule has 0 spiro atoms. The molecule has 3 aromatic heterocycles. The van der Waals surface area contributed by atoms with E-state index in [1.165, 1.54) is 22.9 Å². The van der Waals surface area contributed by atoms with Gasteiger partial charge in [0, 0.05) is 54.4 Å². The van der Waals surface area contributed by atoms with Crippen molar-refractivity contribution < 1.29 is 13.2 Å². The van der Waals surface area contributed by atoms with Crippen LogP contribution in [0.15, 0.2) is 48.9 Å². The minimum Gasteiger partial charge on any atom is -0.367 e. The average molecular weight is 478 g/mol. The van der Waals surface area contributed by atoms with Gasteiger partial charge in [0.2, 0.25) is 0 Å². The van der Waals surface area contributed by atoms with Crippen LogP contribution in [0.1, 0.15) is 46.8 Å². The highest BCUT2D eigenvalue weighted by Crippen LogP contribution is 2.38. The molecule has 1 unspecified atom stereocenters. The monoisotopic (exact) mass is 477 g/mol. The van der Waals surface area contributed by atoms with Gasteiger partial charge in [-0.05, 0) is 84.8 Å².